The van der Waals surface area contributed by atoms with Gasteiger partial charge < -0.3 is 74.1 Å². The number of benzene rings is 2. The van der Waals surface area contributed by atoms with Gasteiger partial charge in [-0.3, -0.25) is 4.79 Å². The molecule has 17 nitrogen and oxygen atoms in total. The molecule has 11 atom stereocenters. The third-order valence-corrected chi connectivity index (χ3v) is 9.26. The number of aliphatic hydroxyl groups excluding tert-OH is 6. The average Bonchev–Trinajstić information content (AvgIpc) is 3.13. The molecule has 17 heteroatoms. The molecule has 54 heavy (non-hydrogen) atoms. The number of aromatic hydroxyl groups is 2. The molecule has 9 N–H and O–H groups in total. The number of fused-ring (bicyclic) bond motifs is 1. The van der Waals surface area contributed by atoms with E-state index in [1.807, 2.05) is 0 Å². The predicted octanol–water partition coefficient (Wildman–Crippen LogP) is 0.471. The molecule has 3 heterocycles. The van der Waals surface area contributed by atoms with Crippen LogP contribution in [-0.4, -0.2) is 126 Å². The van der Waals surface area contributed by atoms with E-state index < -0.39 is 102 Å². The van der Waals surface area contributed by atoms with Gasteiger partial charge in [-0.1, -0.05) is 12.2 Å². The molecule has 0 aliphatic carbocycles. The summed E-state index contributed by atoms with van der Waals surface area (Å²) in [5.74, 6) is -2.80. The number of esters is 1. The van der Waals surface area contributed by atoms with E-state index in [4.69, 9.17) is 28.1 Å². The fourth-order valence-corrected chi connectivity index (χ4v) is 5.87. The van der Waals surface area contributed by atoms with Crippen molar-refractivity contribution in [3.63, 3.8) is 0 Å². The fourth-order valence-electron chi connectivity index (χ4n) is 5.87. The van der Waals surface area contributed by atoms with Crippen LogP contribution in [0.3, 0.4) is 0 Å². The molecule has 3 aromatic rings. The highest BCUT2D eigenvalue weighted by Gasteiger charge is 2.47. The quantitative estimate of drug-likeness (QED) is 0.0689. The number of ether oxygens (including phenoxy) is 5. The highest BCUT2D eigenvalue weighted by molar-refractivity contribution is 5.89. The zero-order chi connectivity index (χ0) is 39.6. The number of phenolic OH excluding ortho intramolecular Hbond substituents is 2. The van der Waals surface area contributed by atoms with E-state index in [1.165, 1.54) is 56.3 Å². The molecule has 2 saturated heterocycles. The van der Waals surface area contributed by atoms with Crippen molar-refractivity contribution < 1.29 is 78.9 Å². The maximum atomic E-state index is 14.0. The lowest BCUT2D eigenvalue weighted by Gasteiger charge is -2.40. The lowest BCUT2D eigenvalue weighted by molar-refractivity contribution is -0.277. The first kappa shape index (κ1) is 40.6. The van der Waals surface area contributed by atoms with E-state index in [-0.39, 0.29) is 40.4 Å². The minimum absolute atomic E-state index is 0.134. The first-order valence-electron chi connectivity index (χ1n) is 17.0. The largest absolute Gasteiger partial charge is 0.508 e. The van der Waals surface area contributed by atoms with Gasteiger partial charge in [0.1, 0.15) is 58.7 Å². The Labute approximate surface area is 308 Å². The van der Waals surface area contributed by atoms with Gasteiger partial charge in [0.15, 0.2) is 18.0 Å². The third kappa shape index (κ3) is 8.54. The van der Waals surface area contributed by atoms with Crippen molar-refractivity contribution in [3.8, 4) is 34.3 Å². The number of carbonyl (C=O) groups is 1. The second kappa shape index (κ2) is 16.4. The second-order valence-electron chi connectivity index (χ2n) is 13.4. The van der Waals surface area contributed by atoms with Crippen molar-refractivity contribution in [2.75, 3.05) is 6.61 Å². The standard InChI is InChI=1S/C37H44O17/c1-5-37(4,48)12-6-7-16(2)34(47)53-32-25(41)17(3)49-36(30(32)46)50-20-13-21(40)24-22(14-20)51-31(18-8-10-19(39)11-9-18)33(27(24)43)54-35-29(45)28(44)26(42)23(15-38)52-35/h5,7-11,13-14,17,23,25-26,28-30,32,35-36,38-42,44-46,48H,1,6,12,15H2,2-4H3/t17-,23+,25-,26+,28-,29+,30+,32+,35-,36-,37-/m0/s1. The summed E-state index contributed by atoms with van der Waals surface area (Å²) in [4.78, 5) is 26.8. The monoisotopic (exact) mass is 760 g/mol. The van der Waals surface area contributed by atoms with E-state index in [0.29, 0.717) is 6.42 Å². The molecule has 0 saturated carbocycles. The van der Waals surface area contributed by atoms with Crippen molar-refractivity contribution in [2.45, 2.75) is 101 Å². The average molecular weight is 761 g/mol. The van der Waals surface area contributed by atoms with Crippen LogP contribution in [-0.2, 0) is 19.0 Å². The van der Waals surface area contributed by atoms with Gasteiger partial charge in [-0.05, 0) is 57.9 Å². The van der Waals surface area contributed by atoms with Crippen LogP contribution < -0.4 is 14.9 Å². The van der Waals surface area contributed by atoms with Crippen LogP contribution in [0.25, 0.3) is 22.3 Å². The zero-order valence-electron chi connectivity index (χ0n) is 29.5. The van der Waals surface area contributed by atoms with Crippen molar-refractivity contribution in [1.82, 2.24) is 0 Å². The first-order chi connectivity index (χ1) is 25.5. The van der Waals surface area contributed by atoms with Crippen LogP contribution >= 0.6 is 0 Å². The number of allylic oxidation sites excluding steroid dienone is 1. The van der Waals surface area contributed by atoms with E-state index >= 15 is 0 Å². The Morgan fingerprint density at radius 3 is 2.26 bits per heavy atom. The summed E-state index contributed by atoms with van der Waals surface area (Å²) in [7, 11) is 0. The molecule has 2 aromatic carbocycles. The molecule has 2 aliphatic rings. The summed E-state index contributed by atoms with van der Waals surface area (Å²) < 4.78 is 34.1. The summed E-state index contributed by atoms with van der Waals surface area (Å²) in [6.07, 6.45) is -12.5. The van der Waals surface area contributed by atoms with Crippen LogP contribution in [0.15, 0.2) is 69.9 Å². The molecule has 0 bridgehead atoms. The predicted molar refractivity (Wildman–Crippen MR) is 186 cm³/mol. The zero-order valence-corrected chi connectivity index (χ0v) is 29.5. The summed E-state index contributed by atoms with van der Waals surface area (Å²) >= 11 is 0. The number of hydrogen-bond acceptors (Lipinski definition) is 17. The number of carbonyl (C=O) groups excluding carboxylic acids is 1. The van der Waals surface area contributed by atoms with Crippen LogP contribution in [0.1, 0.15) is 33.6 Å². The molecule has 294 valence electrons. The highest BCUT2D eigenvalue weighted by atomic mass is 16.7. The third-order valence-electron chi connectivity index (χ3n) is 9.26. The first-order valence-corrected chi connectivity index (χ1v) is 17.0. The maximum Gasteiger partial charge on any atom is 0.333 e. The lowest BCUT2D eigenvalue weighted by Crippen LogP contribution is -2.60. The Morgan fingerprint density at radius 1 is 0.944 bits per heavy atom. The topological polar surface area (TPSA) is 275 Å². The molecular formula is C37H44O17. The normalized spacial score (nSPS) is 30.0. The smallest absolute Gasteiger partial charge is 0.333 e. The van der Waals surface area contributed by atoms with Gasteiger partial charge in [-0.2, -0.15) is 0 Å². The molecule has 0 spiro atoms. The van der Waals surface area contributed by atoms with Crippen molar-refractivity contribution in [2.24, 2.45) is 0 Å². The van der Waals surface area contributed by atoms with E-state index in [1.54, 1.807) is 6.92 Å². The van der Waals surface area contributed by atoms with E-state index in [0.717, 1.165) is 6.07 Å². The Hall–Kier alpha value is -4.56. The summed E-state index contributed by atoms with van der Waals surface area (Å²) in [5.41, 5.74) is -2.11. The fraction of sp³-hybridized carbons (Fsp3) is 0.459. The Morgan fingerprint density at radius 2 is 1.61 bits per heavy atom. The van der Waals surface area contributed by atoms with Crippen molar-refractivity contribution in [1.29, 1.82) is 0 Å². The van der Waals surface area contributed by atoms with E-state index in [2.05, 4.69) is 6.58 Å². The van der Waals surface area contributed by atoms with Crippen LogP contribution in [0, 0.1) is 0 Å². The summed E-state index contributed by atoms with van der Waals surface area (Å²) in [6, 6.07) is 7.45. The lowest BCUT2D eigenvalue weighted by atomic mass is 9.99. The number of phenols is 2. The van der Waals surface area contributed by atoms with Gasteiger partial charge in [0, 0.05) is 23.3 Å². The number of hydrogen-bond donors (Lipinski definition) is 9. The Balaban J connectivity index is 1.45. The minimum atomic E-state index is -1.90. The summed E-state index contributed by atoms with van der Waals surface area (Å²) in [6.45, 7) is 7.27. The molecule has 0 unspecified atom stereocenters. The van der Waals surface area contributed by atoms with Gasteiger partial charge in [0.05, 0.1) is 18.3 Å². The van der Waals surface area contributed by atoms with Crippen LogP contribution in [0.2, 0.25) is 0 Å². The minimum Gasteiger partial charge on any atom is -0.508 e. The Bertz CT molecular complexity index is 1900. The van der Waals surface area contributed by atoms with Crippen molar-refractivity contribution >= 4 is 16.9 Å². The molecule has 5 rings (SSSR count). The van der Waals surface area contributed by atoms with Crippen molar-refractivity contribution in [3.05, 3.63) is 70.9 Å². The molecule has 2 aliphatic heterocycles. The highest BCUT2D eigenvalue weighted by Crippen LogP contribution is 2.38. The number of aliphatic hydroxyl groups is 7. The van der Waals surface area contributed by atoms with Gasteiger partial charge in [0.25, 0.3) is 0 Å². The molecule has 2 fully saturated rings. The molecule has 0 radical (unpaired) electrons. The second-order valence-corrected chi connectivity index (χ2v) is 13.4. The number of rotatable bonds is 12. The van der Waals surface area contributed by atoms with Crippen LogP contribution in [0.4, 0.5) is 0 Å². The molecule has 0 amide bonds. The molecule has 1 aromatic heterocycles. The van der Waals surface area contributed by atoms with E-state index in [9.17, 15) is 55.5 Å². The molecular weight excluding hydrogens is 716 g/mol. The van der Waals surface area contributed by atoms with Gasteiger partial charge >= 0.3 is 5.97 Å². The van der Waals surface area contributed by atoms with Gasteiger partial charge in [-0.25, -0.2) is 4.79 Å². The summed E-state index contributed by atoms with van der Waals surface area (Å²) in [5, 5.41) is 93.2. The Kier molecular flexibility index (Phi) is 12.4. The maximum absolute atomic E-state index is 14.0. The van der Waals surface area contributed by atoms with Crippen LogP contribution in [0.5, 0.6) is 23.0 Å². The van der Waals surface area contributed by atoms with Gasteiger partial charge in [-0.15, -0.1) is 6.58 Å². The van der Waals surface area contributed by atoms with Gasteiger partial charge in [0.2, 0.25) is 23.8 Å². The SMILES string of the molecule is C=C[C@](C)(O)CCC=C(C)C(=O)O[C@@H]1[C@@H](O)[C@H](C)O[C@@H](Oc2cc(O)c3c(=O)c(O[C@@H]4O[C@H](CO)[C@@H](O)[C@H](O)[C@H]4O)c(-c4ccc(O)cc4)oc3c2)[C@@H]1O.